The molecule has 0 unspecified atom stereocenters. The number of alkyl halides is 1. The predicted molar refractivity (Wildman–Crippen MR) is 132 cm³/mol. The number of rotatable bonds is 1. The first-order chi connectivity index (χ1) is 15.3. The van der Waals surface area contributed by atoms with Crippen molar-refractivity contribution in [2.75, 3.05) is 0 Å². The SMILES string of the molecule is C=C1CC[C@H](Br)[C@@]2(C)CC[C@@H]3O[C@@]3(C)CC[C@@H](C(C)(C)O)OC(=O)c3ccc(O)c(c3)C[C@H]12. The van der Waals surface area contributed by atoms with Gasteiger partial charge in [0.15, 0.2) is 0 Å². The van der Waals surface area contributed by atoms with Gasteiger partial charge in [0.05, 0.1) is 22.9 Å². The van der Waals surface area contributed by atoms with E-state index in [1.165, 1.54) is 5.57 Å². The lowest BCUT2D eigenvalue weighted by Gasteiger charge is -2.47. The van der Waals surface area contributed by atoms with Gasteiger partial charge in [0, 0.05) is 4.83 Å². The van der Waals surface area contributed by atoms with Crippen molar-refractivity contribution < 1.29 is 24.5 Å². The molecule has 2 N–H and O–H groups in total. The molecular weight excluding hydrogens is 484 g/mol. The van der Waals surface area contributed by atoms with E-state index in [-0.39, 0.29) is 28.8 Å². The number of esters is 1. The number of ether oxygens (including phenoxy) is 2. The summed E-state index contributed by atoms with van der Waals surface area (Å²) in [5.74, 6) is -0.132. The maximum absolute atomic E-state index is 13.0. The van der Waals surface area contributed by atoms with Crippen LogP contribution in [0.5, 0.6) is 5.75 Å². The molecule has 1 saturated carbocycles. The van der Waals surface area contributed by atoms with E-state index in [0.29, 0.717) is 29.7 Å². The number of phenols is 1. The summed E-state index contributed by atoms with van der Waals surface area (Å²) >= 11 is 3.97. The van der Waals surface area contributed by atoms with Crippen molar-refractivity contribution in [3.8, 4) is 5.75 Å². The van der Waals surface area contributed by atoms with Crippen LogP contribution in [0, 0.1) is 11.3 Å². The number of phenolic OH excluding ortho intramolecular Hbond substituents is 1. The van der Waals surface area contributed by atoms with E-state index in [1.54, 1.807) is 32.0 Å². The quantitative estimate of drug-likeness (QED) is 0.215. The first kappa shape index (κ1) is 24.7. The van der Waals surface area contributed by atoms with Crippen LogP contribution in [0.3, 0.4) is 0 Å². The fraction of sp³-hybridized carbons (Fsp3) is 0.667. The molecule has 6 atom stereocenters. The van der Waals surface area contributed by atoms with Crippen molar-refractivity contribution in [3.05, 3.63) is 41.5 Å². The van der Waals surface area contributed by atoms with E-state index in [9.17, 15) is 15.0 Å². The molecule has 2 heterocycles. The Kier molecular flexibility index (Phi) is 6.52. The molecule has 1 aliphatic carbocycles. The number of halogens is 1. The number of aliphatic hydroxyl groups is 1. The molecule has 1 aromatic carbocycles. The van der Waals surface area contributed by atoms with Crippen LogP contribution in [0.15, 0.2) is 30.4 Å². The van der Waals surface area contributed by atoms with Crippen LogP contribution < -0.4 is 0 Å². The maximum Gasteiger partial charge on any atom is 0.338 e. The zero-order valence-corrected chi connectivity index (χ0v) is 21.8. The standard InChI is InChI=1S/C27H37BrO5/c1-16-6-9-21(28)26(4)12-10-23-27(5,33-23)13-11-22(25(2,3)31)32-24(30)17-7-8-20(29)18(14-17)15-19(16)26/h7-8,14,19,21-23,29,31H,1,6,9-13,15H2,2-5H3/t19-,21+,22+,23+,26+,27+/m1/s1. The summed E-state index contributed by atoms with van der Waals surface area (Å²) in [6.07, 6.45) is 5.26. The van der Waals surface area contributed by atoms with Gasteiger partial charge in [0.1, 0.15) is 11.9 Å². The van der Waals surface area contributed by atoms with Crippen LogP contribution in [0.25, 0.3) is 0 Å². The van der Waals surface area contributed by atoms with Crippen molar-refractivity contribution >= 4 is 21.9 Å². The Labute approximate surface area is 205 Å². The van der Waals surface area contributed by atoms with Crippen molar-refractivity contribution in [3.63, 3.8) is 0 Å². The van der Waals surface area contributed by atoms with Crippen molar-refractivity contribution in [1.82, 2.24) is 0 Å². The summed E-state index contributed by atoms with van der Waals surface area (Å²) in [5, 5.41) is 21.3. The lowest BCUT2D eigenvalue weighted by Crippen LogP contribution is -2.42. The molecule has 2 fully saturated rings. The minimum atomic E-state index is -1.17. The van der Waals surface area contributed by atoms with Gasteiger partial charge in [-0.1, -0.05) is 35.0 Å². The molecule has 5 nitrogen and oxygen atoms in total. The summed E-state index contributed by atoms with van der Waals surface area (Å²) in [6.45, 7) is 12.2. The molecule has 4 rings (SSSR count). The van der Waals surface area contributed by atoms with Crippen LogP contribution in [0.2, 0.25) is 0 Å². The molecule has 0 amide bonds. The highest BCUT2D eigenvalue weighted by Crippen LogP contribution is 2.54. The van der Waals surface area contributed by atoms with Gasteiger partial charge in [0.25, 0.3) is 0 Å². The van der Waals surface area contributed by atoms with Crippen LogP contribution in [0.4, 0.5) is 0 Å². The second-order valence-electron chi connectivity index (χ2n) is 11.3. The average molecular weight is 521 g/mol. The third-order valence-electron chi connectivity index (χ3n) is 8.38. The Bertz CT molecular complexity index is 937. The number of benzene rings is 1. The molecule has 2 bridgehead atoms. The Hall–Kier alpha value is -1.37. The van der Waals surface area contributed by atoms with Gasteiger partial charge in [-0.05, 0) is 101 Å². The van der Waals surface area contributed by atoms with E-state index < -0.39 is 17.7 Å². The molecule has 33 heavy (non-hydrogen) atoms. The number of carbonyl (C=O) groups is 1. The summed E-state index contributed by atoms with van der Waals surface area (Å²) in [6, 6.07) is 4.90. The second kappa shape index (κ2) is 8.69. The third kappa shape index (κ3) is 4.89. The maximum atomic E-state index is 13.0. The minimum Gasteiger partial charge on any atom is -0.508 e. The number of hydrogen-bond acceptors (Lipinski definition) is 5. The van der Waals surface area contributed by atoms with Crippen LogP contribution in [-0.4, -0.2) is 44.4 Å². The van der Waals surface area contributed by atoms with Crippen LogP contribution >= 0.6 is 15.9 Å². The predicted octanol–water partition coefficient (Wildman–Crippen LogP) is 5.70. The van der Waals surface area contributed by atoms with Gasteiger partial charge in [-0.2, -0.15) is 0 Å². The molecule has 1 aromatic rings. The van der Waals surface area contributed by atoms with Gasteiger partial charge < -0.3 is 19.7 Å². The minimum absolute atomic E-state index is 0.0407. The van der Waals surface area contributed by atoms with E-state index in [1.807, 2.05) is 0 Å². The Balaban J connectivity index is 1.72. The lowest BCUT2D eigenvalue weighted by atomic mass is 9.61. The summed E-state index contributed by atoms with van der Waals surface area (Å²) < 4.78 is 11.9. The van der Waals surface area contributed by atoms with Gasteiger partial charge in [-0.15, -0.1) is 0 Å². The largest absolute Gasteiger partial charge is 0.508 e. The van der Waals surface area contributed by atoms with E-state index in [0.717, 1.165) is 31.2 Å². The molecule has 3 aliphatic rings. The number of hydrogen-bond donors (Lipinski definition) is 2. The van der Waals surface area contributed by atoms with Crippen LogP contribution in [0.1, 0.15) is 82.1 Å². The zero-order chi connectivity index (χ0) is 24.2. The van der Waals surface area contributed by atoms with Crippen molar-refractivity contribution in [1.29, 1.82) is 0 Å². The van der Waals surface area contributed by atoms with Gasteiger partial charge >= 0.3 is 5.97 Å². The number of allylic oxidation sites excluding steroid dienone is 1. The fourth-order valence-corrected chi connectivity index (χ4v) is 6.57. The van der Waals surface area contributed by atoms with Gasteiger partial charge in [0.2, 0.25) is 0 Å². The normalized spacial score (nSPS) is 37.8. The Morgan fingerprint density at radius 1 is 1.18 bits per heavy atom. The smallest absolute Gasteiger partial charge is 0.338 e. The van der Waals surface area contributed by atoms with Crippen molar-refractivity contribution in [2.45, 2.75) is 101 Å². The van der Waals surface area contributed by atoms with E-state index >= 15 is 0 Å². The van der Waals surface area contributed by atoms with Crippen molar-refractivity contribution in [2.24, 2.45) is 11.3 Å². The fourth-order valence-electron chi connectivity index (χ4n) is 5.79. The first-order valence-corrected chi connectivity index (χ1v) is 13.0. The lowest BCUT2D eigenvalue weighted by molar-refractivity contribution is -0.0694. The molecule has 6 heteroatoms. The number of epoxide rings is 1. The molecule has 0 aromatic heterocycles. The number of aromatic hydroxyl groups is 1. The number of cyclic esters (lactones) is 1. The number of fused-ring (bicyclic) bond motifs is 4. The Morgan fingerprint density at radius 2 is 1.91 bits per heavy atom. The highest BCUT2D eigenvalue weighted by atomic mass is 79.9. The highest BCUT2D eigenvalue weighted by molar-refractivity contribution is 9.09. The van der Waals surface area contributed by atoms with E-state index in [2.05, 4.69) is 36.4 Å². The highest BCUT2D eigenvalue weighted by Gasteiger charge is 2.54. The summed E-state index contributed by atoms with van der Waals surface area (Å²) in [5.41, 5.74) is 0.842. The molecule has 0 radical (unpaired) electrons. The summed E-state index contributed by atoms with van der Waals surface area (Å²) in [4.78, 5) is 13.4. The monoisotopic (exact) mass is 520 g/mol. The summed E-state index contributed by atoms with van der Waals surface area (Å²) in [7, 11) is 0. The topological polar surface area (TPSA) is 79.3 Å². The van der Waals surface area contributed by atoms with Gasteiger partial charge in [-0.25, -0.2) is 4.79 Å². The molecule has 0 spiro atoms. The van der Waals surface area contributed by atoms with E-state index in [4.69, 9.17) is 9.47 Å². The third-order valence-corrected chi connectivity index (χ3v) is 9.89. The molecular formula is C27H37BrO5. The molecule has 1 saturated heterocycles. The molecule has 2 aliphatic heterocycles. The van der Waals surface area contributed by atoms with Crippen LogP contribution in [-0.2, 0) is 15.9 Å². The molecule has 182 valence electrons. The first-order valence-electron chi connectivity index (χ1n) is 12.1. The Morgan fingerprint density at radius 3 is 2.61 bits per heavy atom. The average Bonchev–Trinajstić information content (AvgIpc) is 3.39. The second-order valence-corrected chi connectivity index (χ2v) is 12.4. The van der Waals surface area contributed by atoms with Gasteiger partial charge in [-0.3, -0.25) is 0 Å². The number of carbonyl (C=O) groups excluding carboxylic acids is 1. The zero-order valence-electron chi connectivity index (χ0n) is 20.2.